The first-order chi connectivity index (χ1) is 17.3. The molecule has 190 valence electrons. The molecular formula is C24H25N2O6PS2Se. The van der Waals surface area contributed by atoms with Gasteiger partial charge in [0.05, 0.1) is 0 Å². The zero-order chi connectivity index (χ0) is 25.7. The van der Waals surface area contributed by atoms with Crippen LogP contribution < -0.4 is 20.3 Å². The third-order valence-corrected chi connectivity index (χ3v) is 9.60. The van der Waals surface area contributed by atoms with Crippen LogP contribution in [0.1, 0.15) is 11.8 Å². The quantitative estimate of drug-likeness (QED) is 0.152. The van der Waals surface area contributed by atoms with Crippen LogP contribution in [0, 0.1) is 6.92 Å². The Morgan fingerprint density at radius 2 is 1.53 bits per heavy atom. The average molecular weight is 612 g/mol. The van der Waals surface area contributed by atoms with E-state index in [1.54, 1.807) is 36.5 Å². The van der Waals surface area contributed by atoms with Crippen LogP contribution in [-0.2, 0) is 9.26 Å². The summed E-state index contributed by atoms with van der Waals surface area (Å²) < 4.78 is 25.9. The average Bonchev–Trinajstić information content (AvgIpc) is 3.35. The molecule has 0 fully saturated rings. The third kappa shape index (κ3) is 6.86. The fourth-order valence-electron chi connectivity index (χ4n) is 3.28. The molecule has 2 aromatic carbocycles. The van der Waals surface area contributed by atoms with Crippen LogP contribution in [0.15, 0.2) is 86.3 Å². The standard InChI is InChI=1S/C24H25N2O6PS2Se/c1-16-14-26(24(28)25-23(16)27)22-13-8-19(30-22)15-29-33(36,31-17-4-9-20(34-2)10-5-17)32-18-6-11-21(35-3)12-7-18/h4-14,19,22H,15H2,1-3H3,(H,25,27,28)/t19-,22+/m0/s1. The number of aromatic amines is 1. The summed E-state index contributed by atoms with van der Waals surface area (Å²) in [5.74, 6) is 1.22. The van der Waals surface area contributed by atoms with Crippen LogP contribution >= 0.6 is 29.7 Å². The van der Waals surface area contributed by atoms with Gasteiger partial charge in [0, 0.05) is 0 Å². The van der Waals surface area contributed by atoms with Crippen molar-refractivity contribution in [2.75, 3.05) is 19.1 Å². The minimum absolute atomic E-state index is 0.122. The number of ether oxygens (including phenoxy) is 1. The van der Waals surface area contributed by atoms with Gasteiger partial charge in [-0.2, -0.15) is 0 Å². The first kappa shape index (κ1) is 27.1. The van der Waals surface area contributed by atoms with E-state index in [0.29, 0.717) is 17.1 Å². The van der Waals surface area contributed by atoms with Gasteiger partial charge in [-0.3, -0.25) is 0 Å². The fourth-order valence-corrected chi connectivity index (χ4v) is 6.80. The Morgan fingerprint density at radius 3 is 2.06 bits per heavy atom. The number of aromatic nitrogens is 2. The van der Waals surface area contributed by atoms with Crippen molar-refractivity contribution in [1.29, 1.82) is 0 Å². The van der Waals surface area contributed by atoms with Crippen LogP contribution in [0.4, 0.5) is 0 Å². The Morgan fingerprint density at radius 1 is 0.972 bits per heavy atom. The summed E-state index contributed by atoms with van der Waals surface area (Å²) in [6, 6.07) is 15.3. The number of nitrogens with zero attached hydrogens (tertiary/aromatic N) is 1. The van der Waals surface area contributed by atoms with E-state index < -0.39 is 29.8 Å². The molecule has 0 saturated carbocycles. The molecule has 4 rings (SSSR count). The molecule has 0 amide bonds. The summed E-state index contributed by atoms with van der Waals surface area (Å²) in [5, 5.41) is 0. The maximum atomic E-state index is 12.2. The van der Waals surface area contributed by atoms with Crippen molar-refractivity contribution in [3.8, 4) is 11.5 Å². The van der Waals surface area contributed by atoms with Crippen LogP contribution in [0.2, 0.25) is 0 Å². The van der Waals surface area contributed by atoms with Gasteiger partial charge < -0.3 is 0 Å². The van der Waals surface area contributed by atoms with Crippen molar-refractivity contribution in [3.05, 3.63) is 93.3 Å². The molecular weight excluding hydrogens is 586 g/mol. The molecule has 1 aliphatic rings. The van der Waals surface area contributed by atoms with Crippen molar-refractivity contribution >= 4 is 44.8 Å². The predicted octanol–water partition coefficient (Wildman–Crippen LogP) is 4.76. The number of H-pyrrole nitrogens is 1. The zero-order valence-corrected chi connectivity index (χ0v) is 24.0. The maximum absolute atomic E-state index is 12.2. The SMILES string of the molecule is CSc1ccc(OP(=[Se])(OC[C@@H]2C=C[C@H](n3cc(C)c(=O)[nH]c3=O)O2)Oc2ccc(SC)cc2)cc1. The third-order valence-electron chi connectivity index (χ3n) is 5.17. The second kappa shape index (κ2) is 12.0. The fraction of sp³-hybridized carbons (Fsp3) is 0.250. The number of hydrogen-bond donors (Lipinski definition) is 1. The van der Waals surface area contributed by atoms with E-state index in [1.165, 1.54) is 10.8 Å². The first-order valence-electron chi connectivity index (χ1n) is 10.9. The second-order valence-corrected chi connectivity index (χ2v) is 13.8. The van der Waals surface area contributed by atoms with Crippen molar-refractivity contribution < 1.29 is 18.3 Å². The van der Waals surface area contributed by atoms with Crippen LogP contribution in [0.25, 0.3) is 0 Å². The second-order valence-electron chi connectivity index (χ2n) is 7.71. The summed E-state index contributed by atoms with van der Waals surface area (Å²) in [6.07, 6.45) is 4.95. The number of nitrogens with one attached hydrogen (secondary N) is 1. The van der Waals surface area contributed by atoms with Gasteiger partial charge in [0.15, 0.2) is 0 Å². The Bertz CT molecular complexity index is 1340. The van der Waals surface area contributed by atoms with E-state index in [-0.39, 0.29) is 6.61 Å². The van der Waals surface area contributed by atoms with Crippen LogP contribution in [-0.4, -0.2) is 49.9 Å². The first-order valence-corrected chi connectivity index (χ1v) is 17.1. The molecule has 1 aliphatic heterocycles. The topological polar surface area (TPSA) is 91.8 Å². The summed E-state index contributed by atoms with van der Waals surface area (Å²) in [5.41, 5.74) is -0.539. The predicted molar refractivity (Wildman–Crippen MR) is 145 cm³/mol. The van der Waals surface area contributed by atoms with Gasteiger partial charge in [0.1, 0.15) is 0 Å². The molecule has 0 radical (unpaired) electrons. The van der Waals surface area contributed by atoms with Gasteiger partial charge in [-0.15, -0.1) is 0 Å². The van der Waals surface area contributed by atoms with Crippen LogP contribution in [0.5, 0.6) is 11.5 Å². The molecule has 3 aromatic rings. The Hall–Kier alpha value is -1.97. The van der Waals surface area contributed by atoms with E-state index in [1.807, 2.05) is 67.1 Å². The van der Waals surface area contributed by atoms with Gasteiger partial charge in [-0.25, -0.2) is 0 Å². The number of thioether (sulfide) groups is 2. The Labute approximate surface area is 224 Å². The van der Waals surface area contributed by atoms with Crippen molar-refractivity contribution in [2.24, 2.45) is 0 Å². The van der Waals surface area contributed by atoms with Gasteiger partial charge in [-0.1, -0.05) is 0 Å². The van der Waals surface area contributed by atoms with E-state index in [9.17, 15) is 9.59 Å². The molecule has 8 nitrogen and oxygen atoms in total. The van der Waals surface area contributed by atoms with Crippen molar-refractivity contribution in [2.45, 2.75) is 29.0 Å². The van der Waals surface area contributed by atoms with Crippen LogP contribution in [0.3, 0.4) is 0 Å². The Kier molecular flexibility index (Phi) is 9.06. The zero-order valence-electron chi connectivity index (χ0n) is 19.8. The molecule has 12 heteroatoms. The molecule has 1 N–H and O–H groups in total. The number of aryl methyl sites for hydroxylation is 1. The van der Waals surface area contributed by atoms with Crippen molar-refractivity contribution in [1.82, 2.24) is 9.55 Å². The van der Waals surface area contributed by atoms with Crippen molar-refractivity contribution in [3.63, 3.8) is 0 Å². The van der Waals surface area contributed by atoms with Gasteiger partial charge in [0.2, 0.25) is 0 Å². The molecule has 36 heavy (non-hydrogen) atoms. The van der Waals surface area contributed by atoms with E-state index in [4.69, 9.17) is 18.3 Å². The minimum atomic E-state index is -3.00. The molecule has 2 atom stereocenters. The molecule has 0 unspecified atom stereocenters. The van der Waals surface area contributed by atoms with E-state index in [0.717, 1.165) is 9.79 Å². The summed E-state index contributed by atoms with van der Waals surface area (Å²) in [4.78, 5) is 28.4. The molecule has 0 spiro atoms. The molecule has 1 aromatic heterocycles. The van der Waals surface area contributed by atoms with Gasteiger partial charge >= 0.3 is 226 Å². The normalized spacial score (nSPS) is 17.3. The summed E-state index contributed by atoms with van der Waals surface area (Å²) in [6.45, 7) is 1.75. The van der Waals surface area contributed by atoms with Gasteiger partial charge in [-0.05, 0) is 0 Å². The van der Waals surface area contributed by atoms with E-state index >= 15 is 0 Å². The summed E-state index contributed by atoms with van der Waals surface area (Å²) in [7, 11) is 0. The number of rotatable bonds is 10. The monoisotopic (exact) mass is 612 g/mol. The number of benzene rings is 2. The molecule has 0 bridgehead atoms. The summed E-state index contributed by atoms with van der Waals surface area (Å²) >= 11 is 6.28. The molecule has 2 heterocycles. The van der Waals surface area contributed by atoms with Gasteiger partial charge in [0.25, 0.3) is 0 Å². The van der Waals surface area contributed by atoms with E-state index in [2.05, 4.69) is 20.1 Å². The molecule has 0 saturated heterocycles. The Balaban J connectivity index is 1.48. The number of hydrogen-bond acceptors (Lipinski definition) is 8. The molecule has 0 aliphatic carbocycles.